The minimum Gasteiger partial charge on any atom is -0.392 e. The Kier molecular flexibility index (Phi) is 6.78. The van der Waals surface area contributed by atoms with Crippen LogP contribution in [0.3, 0.4) is 0 Å². The van der Waals surface area contributed by atoms with Gasteiger partial charge in [-0.05, 0) is 37.8 Å². The van der Waals surface area contributed by atoms with E-state index in [4.69, 9.17) is 5.73 Å². The fourth-order valence-corrected chi connectivity index (χ4v) is 5.68. The molecule has 2 fully saturated rings. The van der Waals surface area contributed by atoms with Crippen LogP contribution in [0.15, 0.2) is 30.5 Å². The zero-order valence-electron chi connectivity index (χ0n) is 17.9. The molecule has 1 saturated carbocycles. The van der Waals surface area contributed by atoms with Crippen molar-refractivity contribution < 1.29 is 31.1 Å². The summed E-state index contributed by atoms with van der Waals surface area (Å²) in [5, 5.41) is 13.0. The first-order chi connectivity index (χ1) is 16.1. The van der Waals surface area contributed by atoms with Crippen molar-refractivity contribution >= 4 is 21.5 Å². The van der Waals surface area contributed by atoms with Gasteiger partial charge in [-0.1, -0.05) is 6.07 Å². The van der Waals surface area contributed by atoms with Gasteiger partial charge in [-0.15, -0.1) is 5.10 Å². The monoisotopic (exact) mass is 501 g/mol. The highest BCUT2D eigenvalue weighted by Crippen LogP contribution is 2.32. The second-order valence-electron chi connectivity index (χ2n) is 8.23. The molecule has 2 aliphatic rings. The Hall–Kier alpha value is -2.77. The Bertz CT molecular complexity index is 1300. The van der Waals surface area contributed by atoms with Gasteiger partial charge in [-0.3, -0.25) is 0 Å². The molecule has 184 valence electrons. The maximum absolute atomic E-state index is 13.9. The topological polar surface area (TPSA) is 114 Å². The summed E-state index contributed by atoms with van der Waals surface area (Å²) in [5.41, 5.74) is 4.81. The van der Waals surface area contributed by atoms with Gasteiger partial charge in [0.25, 0.3) is 6.43 Å². The van der Waals surface area contributed by atoms with Gasteiger partial charge < -0.3 is 10.8 Å². The van der Waals surface area contributed by atoms with Gasteiger partial charge in [0.2, 0.25) is 16.0 Å². The van der Waals surface area contributed by atoms with Gasteiger partial charge in [-0.2, -0.15) is 4.31 Å². The Morgan fingerprint density at radius 3 is 2.50 bits per heavy atom. The van der Waals surface area contributed by atoms with Crippen molar-refractivity contribution in [2.75, 3.05) is 18.8 Å². The maximum Gasteiger partial charge on any atom is 0.263 e. The molecule has 3 aromatic rings. The van der Waals surface area contributed by atoms with E-state index >= 15 is 0 Å². The van der Waals surface area contributed by atoms with Crippen LogP contribution >= 0.6 is 0 Å². The molecule has 0 bridgehead atoms. The van der Waals surface area contributed by atoms with Crippen LogP contribution in [0.5, 0.6) is 0 Å². The number of sulfonamides is 1. The number of hydrogen-bond donors (Lipinski definition) is 2. The van der Waals surface area contributed by atoms with Crippen LogP contribution in [0, 0.1) is 11.6 Å². The van der Waals surface area contributed by atoms with Crippen LogP contribution in [0.1, 0.15) is 37.7 Å². The van der Waals surface area contributed by atoms with Gasteiger partial charge in [0.1, 0.15) is 11.3 Å². The zero-order chi connectivity index (χ0) is 24.6. The maximum atomic E-state index is 13.9. The Labute approximate surface area is 193 Å². The van der Waals surface area contributed by atoms with Crippen molar-refractivity contribution in [3.63, 3.8) is 0 Å². The number of aliphatic hydroxyl groups is 1. The highest BCUT2D eigenvalue weighted by molar-refractivity contribution is 7.90. The Balaban J connectivity index is 0.000000180. The van der Waals surface area contributed by atoms with E-state index in [2.05, 4.69) is 10.1 Å². The van der Waals surface area contributed by atoms with E-state index in [1.165, 1.54) is 4.31 Å². The summed E-state index contributed by atoms with van der Waals surface area (Å²) in [6.07, 6.45) is 1.03. The number of halogens is 4. The summed E-state index contributed by atoms with van der Waals surface area (Å²) in [5.74, 6) is -1.62. The number of β-amino-alcohol motifs (C(OH)–C–C–N with tert-alkyl or cyclic N) is 1. The normalized spacial score (nSPS) is 19.3. The largest absolute Gasteiger partial charge is 0.392 e. The summed E-state index contributed by atoms with van der Waals surface area (Å²) in [4.78, 5) is 3.64. The Morgan fingerprint density at radius 2 is 1.85 bits per heavy atom. The van der Waals surface area contributed by atoms with Crippen molar-refractivity contribution in [3.8, 4) is 11.3 Å². The highest BCUT2D eigenvalue weighted by Gasteiger charge is 2.41. The molecule has 1 aliphatic carbocycles. The van der Waals surface area contributed by atoms with Crippen molar-refractivity contribution in [1.29, 1.82) is 0 Å². The van der Waals surface area contributed by atoms with E-state index in [-0.39, 0.29) is 33.5 Å². The van der Waals surface area contributed by atoms with Crippen molar-refractivity contribution in [3.05, 3.63) is 47.7 Å². The smallest absolute Gasteiger partial charge is 0.263 e. The SMILES string of the molecule is Nc1ncc2c(F)cc(-c3cc(C(F)F)ccc3F)n2n1.O=S(=O)(C1CC1)N1CCCC(O)C1. The van der Waals surface area contributed by atoms with Gasteiger partial charge in [0.05, 0.1) is 23.2 Å². The Morgan fingerprint density at radius 1 is 1.12 bits per heavy atom. The van der Waals surface area contributed by atoms with Crippen molar-refractivity contribution in [1.82, 2.24) is 18.9 Å². The van der Waals surface area contributed by atoms with Gasteiger partial charge >= 0.3 is 0 Å². The summed E-state index contributed by atoms with van der Waals surface area (Å²) >= 11 is 0. The lowest BCUT2D eigenvalue weighted by Crippen LogP contribution is -2.43. The molecular weight excluding hydrogens is 478 g/mol. The molecular formula is C21H23F4N5O3S. The zero-order valence-corrected chi connectivity index (χ0v) is 18.7. The van der Waals surface area contributed by atoms with E-state index in [1.54, 1.807) is 0 Å². The van der Waals surface area contributed by atoms with Crippen LogP contribution in [-0.4, -0.2) is 56.9 Å². The van der Waals surface area contributed by atoms with Gasteiger partial charge in [0.15, 0.2) is 5.82 Å². The third-order valence-corrected chi connectivity index (χ3v) is 8.03. The number of nitrogens with zero attached hydrogens (tertiary/aromatic N) is 4. The summed E-state index contributed by atoms with van der Waals surface area (Å²) < 4.78 is 79.1. The molecule has 5 rings (SSSR count). The third kappa shape index (κ3) is 5.00. The molecule has 1 aromatic carbocycles. The average molecular weight is 502 g/mol. The number of nitrogens with two attached hydrogens (primary N) is 1. The predicted molar refractivity (Wildman–Crippen MR) is 116 cm³/mol. The number of fused-ring (bicyclic) bond motifs is 1. The highest BCUT2D eigenvalue weighted by atomic mass is 32.2. The number of aromatic nitrogens is 3. The van der Waals surface area contributed by atoms with E-state index in [9.17, 15) is 31.1 Å². The molecule has 13 heteroatoms. The molecule has 3 N–H and O–H groups in total. The lowest BCUT2D eigenvalue weighted by molar-refractivity contribution is 0.108. The van der Waals surface area contributed by atoms with Crippen molar-refractivity contribution in [2.45, 2.75) is 43.5 Å². The van der Waals surface area contributed by atoms with Crippen LogP contribution in [0.25, 0.3) is 16.8 Å². The molecule has 0 spiro atoms. The first-order valence-corrected chi connectivity index (χ1v) is 12.1. The molecule has 1 aliphatic heterocycles. The fraction of sp³-hybridized carbons (Fsp3) is 0.429. The second-order valence-corrected chi connectivity index (χ2v) is 10.4. The average Bonchev–Trinajstić information content (AvgIpc) is 3.60. The summed E-state index contributed by atoms with van der Waals surface area (Å²) in [6, 6.07) is 3.83. The molecule has 0 radical (unpaired) electrons. The lowest BCUT2D eigenvalue weighted by atomic mass is 10.1. The van der Waals surface area contributed by atoms with Gasteiger partial charge in [-0.25, -0.2) is 35.5 Å². The second kappa shape index (κ2) is 9.47. The quantitative estimate of drug-likeness (QED) is 0.531. The van der Waals surface area contributed by atoms with Crippen LogP contribution < -0.4 is 5.73 Å². The molecule has 1 saturated heterocycles. The van der Waals surface area contributed by atoms with E-state index in [0.717, 1.165) is 60.7 Å². The van der Waals surface area contributed by atoms with Crippen LogP contribution in [0.4, 0.5) is 23.5 Å². The third-order valence-electron chi connectivity index (χ3n) is 5.67. The first kappa shape index (κ1) is 24.4. The summed E-state index contributed by atoms with van der Waals surface area (Å²) in [6.45, 7) is 0.898. The van der Waals surface area contributed by atoms with Crippen LogP contribution in [-0.2, 0) is 10.0 Å². The molecule has 0 amide bonds. The molecule has 2 aromatic heterocycles. The molecule has 1 atom stereocenters. The first-order valence-electron chi connectivity index (χ1n) is 10.6. The number of alkyl halides is 2. The molecule has 1 unspecified atom stereocenters. The minimum absolute atomic E-state index is 0.0170. The number of nitrogen functional groups attached to an aromatic ring is 1. The molecule has 3 heterocycles. The van der Waals surface area contributed by atoms with Crippen LogP contribution in [0.2, 0.25) is 0 Å². The predicted octanol–water partition coefficient (Wildman–Crippen LogP) is 3.13. The number of rotatable bonds is 4. The number of anilines is 1. The fourth-order valence-electron chi connectivity index (χ4n) is 3.76. The standard InChI is InChI=1S/C13H8F4N4.C8H15NO3S/c14-8-2-1-6(12(16)17)3-7(8)10-4-9(15)11-5-19-13(18)20-21(10)11;10-7-2-1-5-9(6-7)13(11,12)8-3-4-8/h1-5,12H,(H2,18,20);7-8,10H,1-6H2. The van der Waals surface area contributed by atoms with Gasteiger partial charge in [0, 0.05) is 30.3 Å². The number of benzene rings is 1. The van der Waals surface area contributed by atoms with E-state index in [1.807, 2.05) is 0 Å². The number of piperidine rings is 1. The summed E-state index contributed by atoms with van der Waals surface area (Å²) in [7, 11) is -3.05. The number of hydrogen-bond acceptors (Lipinski definition) is 6. The number of aliphatic hydroxyl groups excluding tert-OH is 1. The van der Waals surface area contributed by atoms with E-state index in [0.29, 0.717) is 13.1 Å². The molecule has 8 nitrogen and oxygen atoms in total. The molecule has 34 heavy (non-hydrogen) atoms. The van der Waals surface area contributed by atoms with E-state index < -0.39 is 34.2 Å². The lowest BCUT2D eigenvalue weighted by Gasteiger charge is -2.29. The minimum atomic E-state index is -3.05. The van der Waals surface area contributed by atoms with Crippen molar-refractivity contribution in [2.24, 2.45) is 0 Å².